The van der Waals surface area contributed by atoms with Crippen molar-refractivity contribution in [3.8, 4) is 11.6 Å². The minimum absolute atomic E-state index is 0.0569. The highest BCUT2D eigenvalue weighted by molar-refractivity contribution is 5.39. The van der Waals surface area contributed by atoms with Crippen LogP contribution in [0, 0.1) is 6.92 Å². The van der Waals surface area contributed by atoms with Crippen LogP contribution in [-0.2, 0) is 13.0 Å². The van der Waals surface area contributed by atoms with Gasteiger partial charge in [-0.25, -0.2) is 4.98 Å². The molecule has 0 atom stereocenters. The second-order valence-corrected chi connectivity index (χ2v) is 4.13. The van der Waals surface area contributed by atoms with Crippen molar-refractivity contribution < 1.29 is 9.84 Å². The average Bonchev–Trinajstić information content (AvgIpc) is 2.39. The normalized spacial score (nSPS) is 10.4. The summed E-state index contributed by atoms with van der Waals surface area (Å²) in [6.07, 6.45) is 0.852. The van der Waals surface area contributed by atoms with E-state index in [4.69, 9.17) is 4.74 Å². The van der Waals surface area contributed by atoms with Gasteiger partial charge in [-0.1, -0.05) is 25.1 Å². The molecule has 0 unspecified atom stereocenters. The number of hydrogen-bond donors (Lipinski definition) is 1. The molecule has 3 nitrogen and oxygen atoms in total. The van der Waals surface area contributed by atoms with Gasteiger partial charge >= 0.3 is 0 Å². The van der Waals surface area contributed by atoms with Crippen molar-refractivity contribution in [3.63, 3.8) is 0 Å². The Bertz CT molecular complexity index is 524. The molecule has 0 radical (unpaired) electrons. The average molecular weight is 243 g/mol. The fourth-order valence-electron chi connectivity index (χ4n) is 1.91. The fraction of sp³-hybridized carbons (Fsp3) is 0.267. The molecule has 0 spiro atoms. The second-order valence-electron chi connectivity index (χ2n) is 4.13. The highest BCUT2D eigenvalue weighted by Gasteiger charge is 2.11. The summed E-state index contributed by atoms with van der Waals surface area (Å²) in [6.45, 7) is 3.93. The Balaban J connectivity index is 2.40. The number of aliphatic hydroxyl groups excluding tert-OH is 1. The molecular weight excluding hydrogens is 226 g/mol. The molecular formula is C15H17NO2. The van der Waals surface area contributed by atoms with Crippen LogP contribution < -0.4 is 4.74 Å². The summed E-state index contributed by atoms with van der Waals surface area (Å²) in [7, 11) is 0. The predicted molar refractivity (Wildman–Crippen MR) is 70.8 cm³/mol. The van der Waals surface area contributed by atoms with E-state index in [2.05, 4.69) is 11.9 Å². The Morgan fingerprint density at radius 1 is 1.22 bits per heavy atom. The molecule has 0 saturated carbocycles. The first-order valence-corrected chi connectivity index (χ1v) is 6.07. The van der Waals surface area contributed by atoms with Gasteiger partial charge in [0.15, 0.2) is 0 Å². The molecule has 0 saturated heterocycles. The van der Waals surface area contributed by atoms with Crippen LogP contribution >= 0.6 is 0 Å². The SMILES string of the molecule is CCc1cc(C)nc(Oc2ccccc2)c1CO. The highest BCUT2D eigenvalue weighted by Crippen LogP contribution is 2.26. The molecule has 1 heterocycles. The molecule has 0 fully saturated rings. The van der Waals surface area contributed by atoms with Gasteiger partial charge in [0.2, 0.25) is 5.88 Å². The van der Waals surface area contributed by atoms with Crippen LogP contribution in [0.1, 0.15) is 23.7 Å². The van der Waals surface area contributed by atoms with Gasteiger partial charge in [-0.2, -0.15) is 0 Å². The van der Waals surface area contributed by atoms with Crippen LogP contribution in [0.2, 0.25) is 0 Å². The standard InChI is InChI=1S/C15H17NO2/c1-3-12-9-11(2)16-15(14(12)10-17)18-13-7-5-4-6-8-13/h4-9,17H,3,10H2,1-2H3. The van der Waals surface area contributed by atoms with Gasteiger partial charge < -0.3 is 9.84 Å². The Morgan fingerprint density at radius 2 is 1.94 bits per heavy atom. The van der Waals surface area contributed by atoms with Crippen LogP contribution in [0.5, 0.6) is 11.6 Å². The zero-order chi connectivity index (χ0) is 13.0. The van der Waals surface area contributed by atoms with E-state index in [1.54, 1.807) is 0 Å². The molecule has 0 aliphatic rings. The Morgan fingerprint density at radius 3 is 2.56 bits per heavy atom. The number of benzene rings is 1. The molecule has 3 heteroatoms. The number of aryl methyl sites for hydroxylation is 2. The first-order valence-electron chi connectivity index (χ1n) is 6.07. The van der Waals surface area contributed by atoms with Gasteiger partial charge in [0.1, 0.15) is 5.75 Å². The molecule has 2 aromatic rings. The summed E-state index contributed by atoms with van der Waals surface area (Å²) in [4.78, 5) is 4.37. The van der Waals surface area contributed by atoms with Crippen LogP contribution in [-0.4, -0.2) is 10.1 Å². The lowest BCUT2D eigenvalue weighted by molar-refractivity contribution is 0.273. The zero-order valence-corrected chi connectivity index (χ0v) is 10.7. The topological polar surface area (TPSA) is 42.4 Å². The van der Waals surface area contributed by atoms with Crippen LogP contribution in [0.3, 0.4) is 0 Å². The number of nitrogens with zero attached hydrogens (tertiary/aromatic N) is 1. The molecule has 0 aliphatic heterocycles. The van der Waals surface area contributed by atoms with Crippen molar-refractivity contribution in [2.45, 2.75) is 26.9 Å². The van der Waals surface area contributed by atoms with Gasteiger partial charge in [0.05, 0.1) is 6.61 Å². The number of aliphatic hydroxyl groups is 1. The van der Waals surface area contributed by atoms with Gasteiger partial charge in [0.25, 0.3) is 0 Å². The summed E-state index contributed by atoms with van der Waals surface area (Å²) in [5.74, 6) is 1.23. The molecule has 18 heavy (non-hydrogen) atoms. The maximum Gasteiger partial charge on any atom is 0.225 e. The van der Waals surface area contributed by atoms with Crippen molar-refractivity contribution in [2.24, 2.45) is 0 Å². The van der Waals surface area contributed by atoms with Gasteiger partial charge in [-0.15, -0.1) is 0 Å². The largest absolute Gasteiger partial charge is 0.439 e. The van der Waals surface area contributed by atoms with Gasteiger partial charge in [-0.3, -0.25) is 0 Å². The molecule has 1 N–H and O–H groups in total. The number of rotatable bonds is 4. The maximum absolute atomic E-state index is 9.48. The smallest absolute Gasteiger partial charge is 0.225 e. The van der Waals surface area contributed by atoms with E-state index in [1.165, 1.54) is 0 Å². The van der Waals surface area contributed by atoms with E-state index in [1.807, 2.05) is 43.3 Å². The fourth-order valence-corrected chi connectivity index (χ4v) is 1.91. The molecule has 1 aromatic heterocycles. The van der Waals surface area contributed by atoms with E-state index >= 15 is 0 Å². The Kier molecular flexibility index (Phi) is 3.95. The van der Waals surface area contributed by atoms with E-state index in [-0.39, 0.29) is 6.61 Å². The quantitative estimate of drug-likeness (QED) is 0.896. The number of para-hydroxylation sites is 1. The monoisotopic (exact) mass is 243 g/mol. The van der Waals surface area contributed by atoms with Gasteiger partial charge in [-0.05, 0) is 37.1 Å². The van der Waals surface area contributed by atoms with Crippen molar-refractivity contribution in [1.82, 2.24) is 4.98 Å². The lowest BCUT2D eigenvalue weighted by atomic mass is 10.1. The minimum atomic E-state index is -0.0569. The minimum Gasteiger partial charge on any atom is -0.439 e. The lowest BCUT2D eigenvalue weighted by Gasteiger charge is -2.13. The lowest BCUT2D eigenvalue weighted by Crippen LogP contribution is -2.01. The van der Waals surface area contributed by atoms with Crippen molar-refractivity contribution in [1.29, 1.82) is 0 Å². The van der Waals surface area contributed by atoms with E-state index < -0.39 is 0 Å². The molecule has 94 valence electrons. The van der Waals surface area contributed by atoms with Crippen LogP contribution in [0.4, 0.5) is 0 Å². The summed E-state index contributed by atoms with van der Waals surface area (Å²) in [5, 5.41) is 9.48. The number of pyridine rings is 1. The molecule has 0 aliphatic carbocycles. The van der Waals surface area contributed by atoms with Crippen molar-refractivity contribution in [2.75, 3.05) is 0 Å². The van der Waals surface area contributed by atoms with Gasteiger partial charge in [0, 0.05) is 11.3 Å². The third-order valence-electron chi connectivity index (χ3n) is 2.80. The first kappa shape index (κ1) is 12.6. The van der Waals surface area contributed by atoms with Crippen molar-refractivity contribution in [3.05, 3.63) is 53.2 Å². The highest BCUT2D eigenvalue weighted by atomic mass is 16.5. The van der Waals surface area contributed by atoms with Crippen LogP contribution in [0.25, 0.3) is 0 Å². The maximum atomic E-state index is 9.48. The summed E-state index contributed by atoms with van der Waals surface area (Å²) < 4.78 is 5.75. The summed E-state index contributed by atoms with van der Waals surface area (Å²) >= 11 is 0. The number of aromatic nitrogens is 1. The number of hydrogen-bond acceptors (Lipinski definition) is 3. The first-order chi connectivity index (χ1) is 8.74. The Labute approximate surface area is 107 Å². The third kappa shape index (κ3) is 2.68. The van der Waals surface area contributed by atoms with E-state index in [0.717, 1.165) is 29.0 Å². The van der Waals surface area contributed by atoms with Crippen LogP contribution in [0.15, 0.2) is 36.4 Å². The third-order valence-corrected chi connectivity index (χ3v) is 2.80. The molecule has 1 aromatic carbocycles. The molecule has 0 amide bonds. The van der Waals surface area contributed by atoms with Crippen molar-refractivity contribution >= 4 is 0 Å². The summed E-state index contributed by atoms with van der Waals surface area (Å²) in [6, 6.07) is 11.5. The molecule has 2 rings (SSSR count). The Hall–Kier alpha value is -1.87. The van der Waals surface area contributed by atoms with E-state index in [9.17, 15) is 5.11 Å². The molecule has 0 bridgehead atoms. The van der Waals surface area contributed by atoms with E-state index in [0.29, 0.717) is 5.88 Å². The zero-order valence-electron chi connectivity index (χ0n) is 10.7. The predicted octanol–water partition coefficient (Wildman–Crippen LogP) is 3.24. The number of ether oxygens (including phenoxy) is 1. The summed E-state index contributed by atoms with van der Waals surface area (Å²) in [5.41, 5.74) is 2.75. The second kappa shape index (κ2) is 5.65.